The van der Waals surface area contributed by atoms with Gasteiger partial charge in [-0.2, -0.15) is 4.98 Å². The number of hydrogen-bond acceptors (Lipinski definition) is 9. The number of hydrogen-bond donors (Lipinski definition) is 1. The highest BCUT2D eigenvalue weighted by molar-refractivity contribution is 6.11. The highest BCUT2D eigenvalue weighted by Gasteiger charge is 2.39. The lowest BCUT2D eigenvalue weighted by Crippen LogP contribution is -2.51. The quantitative estimate of drug-likeness (QED) is 0.371. The summed E-state index contributed by atoms with van der Waals surface area (Å²) in [5.41, 5.74) is 3.32. The van der Waals surface area contributed by atoms with Gasteiger partial charge in [-0.15, -0.1) is 0 Å². The predicted molar refractivity (Wildman–Crippen MR) is 152 cm³/mol. The standard InChI is InChI=1S/C30H29FN6O5/c1-30(2,3)42-29(39)37-14-20-19(23-13-32-25-12-17(31)8-9-36(23)25)4-5-21(26(20)28(37)38)33-24-7-6-22-27(34-24)41-16-18-15-40-11-10-35(18)22/h4-9,12-13,18H,10-11,14-16H2,1-3H3,(H,33,34)/t18-/m0/s1. The SMILES string of the molecule is CC(C)(C)OC(=O)N1Cc2c(-c3cnc4cc(F)ccn34)ccc(Nc3ccc4c(n3)OC[C@@H]3COCCN43)c2C1=O. The lowest BCUT2D eigenvalue weighted by Gasteiger charge is -2.40. The van der Waals surface area contributed by atoms with Gasteiger partial charge in [-0.05, 0) is 50.6 Å². The van der Waals surface area contributed by atoms with Crippen LogP contribution in [0.5, 0.6) is 5.88 Å². The van der Waals surface area contributed by atoms with Crippen LogP contribution in [-0.2, 0) is 16.0 Å². The molecule has 3 aliphatic rings. The maximum Gasteiger partial charge on any atom is 0.417 e. The molecule has 1 fully saturated rings. The average molecular weight is 573 g/mol. The van der Waals surface area contributed by atoms with Crippen molar-refractivity contribution >= 4 is 34.8 Å². The first-order valence-corrected chi connectivity index (χ1v) is 13.8. The summed E-state index contributed by atoms with van der Waals surface area (Å²) >= 11 is 0. The monoisotopic (exact) mass is 572 g/mol. The maximum atomic E-state index is 13.9. The van der Waals surface area contributed by atoms with Gasteiger partial charge < -0.3 is 24.4 Å². The summed E-state index contributed by atoms with van der Waals surface area (Å²) in [6, 6.07) is 10.2. The van der Waals surface area contributed by atoms with Crippen LogP contribution in [0.15, 0.2) is 48.8 Å². The van der Waals surface area contributed by atoms with Crippen LogP contribution in [0.25, 0.3) is 16.9 Å². The van der Waals surface area contributed by atoms with E-state index in [1.807, 2.05) is 18.2 Å². The largest absolute Gasteiger partial charge is 0.474 e. The van der Waals surface area contributed by atoms with Crippen LogP contribution in [0, 0.1) is 5.82 Å². The van der Waals surface area contributed by atoms with Crippen LogP contribution in [0.1, 0.15) is 36.7 Å². The van der Waals surface area contributed by atoms with Crippen molar-refractivity contribution in [2.75, 3.05) is 36.6 Å². The molecule has 1 atom stereocenters. The molecule has 0 spiro atoms. The molecule has 12 heteroatoms. The highest BCUT2D eigenvalue weighted by atomic mass is 19.1. The fraction of sp³-hybridized carbons (Fsp3) is 0.333. The summed E-state index contributed by atoms with van der Waals surface area (Å²) in [7, 11) is 0. The van der Waals surface area contributed by atoms with Crippen molar-refractivity contribution < 1.29 is 28.2 Å². The molecule has 42 heavy (non-hydrogen) atoms. The van der Waals surface area contributed by atoms with Gasteiger partial charge in [-0.3, -0.25) is 9.20 Å². The minimum absolute atomic E-state index is 0.00150. The van der Waals surface area contributed by atoms with Gasteiger partial charge in [0, 0.05) is 24.4 Å². The Morgan fingerprint density at radius 2 is 2.02 bits per heavy atom. The number of ether oxygens (including phenoxy) is 3. The van der Waals surface area contributed by atoms with Crippen molar-refractivity contribution in [1.29, 1.82) is 0 Å². The van der Waals surface area contributed by atoms with E-state index in [0.29, 0.717) is 65.2 Å². The molecule has 11 nitrogen and oxygen atoms in total. The average Bonchev–Trinajstić information content (AvgIpc) is 3.53. The number of pyridine rings is 2. The van der Waals surface area contributed by atoms with Crippen LogP contribution in [0.4, 0.5) is 26.4 Å². The van der Waals surface area contributed by atoms with Crippen molar-refractivity contribution in [2.45, 2.75) is 39.0 Å². The summed E-state index contributed by atoms with van der Waals surface area (Å²) < 4.78 is 32.7. The number of aromatic nitrogens is 3. The number of amides is 2. The Morgan fingerprint density at radius 1 is 1.17 bits per heavy atom. The van der Waals surface area contributed by atoms with Crippen LogP contribution in [0.3, 0.4) is 0 Å². The first kappa shape index (κ1) is 26.2. The molecule has 3 aromatic heterocycles. The number of imidazole rings is 1. The second-order valence-electron chi connectivity index (χ2n) is 11.5. The van der Waals surface area contributed by atoms with E-state index in [-0.39, 0.29) is 12.6 Å². The number of fused-ring (bicyclic) bond motifs is 5. The molecule has 2 amide bonds. The Balaban J connectivity index is 1.28. The normalized spacial score (nSPS) is 17.9. The molecular formula is C30H29FN6O5. The van der Waals surface area contributed by atoms with E-state index in [1.54, 1.807) is 43.6 Å². The molecule has 0 bridgehead atoms. The molecule has 0 unspecified atom stereocenters. The van der Waals surface area contributed by atoms with E-state index >= 15 is 0 Å². The second kappa shape index (κ2) is 9.69. The molecule has 1 saturated heterocycles. The Bertz CT molecular complexity index is 1750. The lowest BCUT2D eigenvalue weighted by atomic mass is 9.99. The minimum Gasteiger partial charge on any atom is -0.474 e. The maximum absolute atomic E-state index is 13.9. The molecule has 0 radical (unpaired) electrons. The van der Waals surface area contributed by atoms with Crippen molar-refractivity contribution in [3.63, 3.8) is 0 Å². The first-order chi connectivity index (χ1) is 20.2. The van der Waals surface area contributed by atoms with Gasteiger partial charge in [0.1, 0.15) is 35.2 Å². The Morgan fingerprint density at radius 3 is 2.86 bits per heavy atom. The number of rotatable bonds is 3. The summed E-state index contributed by atoms with van der Waals surface area (Å²) in [4.78, 5) is 39.3. The number of carbonyl (C=O) groups excluding carboxylic acids is 2. The van der Waals surface area contributed by atoms with Gasteiger partial charge in [0.05, 0.1) is 48.9 Å². The molecule has 1 N–H and O–H groups in total. The number of nitrogens with one attached hydrogen (secondary N) is 1. The van der Waals surface area contributed by atoms with Gasteiger partial charge in [0.2, 0.25) is 5.88 Å². The Hall–Kier alpha value is -4.71. The zero-order chi connectivity index (χ0) is 29.2. The van der Waals surface area contributed by atoms with E-state index < -0.39 is 23.4 Å². The van der Waals surface area contributed by atoms with E-state index in [0.717, 1.165) is 17.1 Å². The van der Waals surface area contributed by atoms with Crippen molar-refractivity contribution in [3.8, 4) is 17.1 Å². The van der Waals surface area contributed by atoms with Crippen LogP contribution >= 0.6 is 0 Å². The first-order valence-electron chi connectivity index (χ1n) is 13.8. The van der Waals surface area contributed by atoms with E-state index in [1.165, 1.54) is 12.1 Å². The molecule has 216 valence electrons. The summed E-state index contributed by atoms with van der Waals surface area (Å²) in [6.07, 6.45) is 2.48. The summed E-state index contributed by atoms with van der Waals surface area (Å²) in [6.45, 7) is 7.73. The molecule has 4 aromatic rings. The molecule has 7 rings (SSSR count). The molecule has 0 aliphatic carbocycles. The molecule has 0 saturated carbocycles. The molecular weight excluding hydrogens is 543 g/mol. The van der Waals surface area contributed by atoms with Gasteiger partial charge in [-0.1, -0.05) is 6.07 Å². The number of benzene rings is 1. The number of imide groups is 1. The molecule has 1 aromatic carbocycles. The van der Waals surface area contributed by atoms with E-state index in [9.17, 15) is 14.0 Å². The van der Waals surface area contributed by atoms with Crippen LogP contribution in [0.2, 0.25) is 0 Å². The van der Waals surface area contributed by atoms with Gasteiger partial charge in [-0.25, -0.2) is 19.1 Å². The van der Waals surface area contributed by atoms with Crippen molar-refractivity contribution in [3.05, 3.63) is 65.7 Å². The lowest BCUT2D eigenvalue weighted by molar-refractivity contribution is 0.0248. The zero-order valence-electron chi connectivity index (χ0n) is 23.4. The van der Waals surface area contributed by atoms with E-state index in [4.69, 9.17) is 19.2 Å². The third kappa shape index (κ3) is 4.48. The summed E-state index contributed by atoms with van der Waals surface area (Å²) in [5, 5.41) is 3.28. The number of halogens is 1. The second-order valence-corrected chi connectivity index (χ2v) is 11.5. The minimum atomic E-state index is -0.783. The van der Waals surface area contributed by atoms with Crippen molar-refractivity contribution in [2.24, 2.45) is 0 Å². The Kier molecular flexibility index (Phi) is 6.05. The third-order valence-electron chi connectivity index (χ3n) is 7.51. The highest BCUT2D eigenvalue weighted by Crippen LogP contribution is 2.40. The van der Waals surface area contributed by atoms with Crippen molar-refractivity contribution in [1.82, 2.24) is 19.3 Å². The van der Waals surface area contributed by atoms with Crippen LogP contribution in [-0.4, -0.2) is 69.3 Å². The van der Waals surface area contributed by atoms with Gasteiger partial charge in [0.25, 0.3) is 5.91 Å². The predicted octanol–water partition coefficient (Wildman–Crippen LogP) is 4.77. The number of nitrogens with zero attached hydrogens (tertiary/aromatic N) is 5. The zero-order valence-corrected chi connectivity index (χ0v) is 23.4. The number of morpholine rings is 1. The summed E-state index contributed by atoms with van der Waals surface area (Å²) in [5.74, 6) is 0.102. The molecule has 3 aliphatic heterocycles. The fourth-order valence-electron chi connectivity index (χ4n) is 5.64. The molecule has 6 heterocycles. The number of carbonyl (C=O) groups is 2. The van der Waals surface area contributed by atoms with Crippen LogP contribution < -0.4 is 15.0 Å². The number of anilines is 3. The van der Waals surface area contributed by atoms with E-state index in [2.05, 4.69) is 15.2 Å². The topological polar surface area (TPSA) is 111 Å². The van der Waals surface area contributed by atoms with Gasteiger partial charge in [0.15, 0.2) is 0 Å². The third-order valence-corrected chi connectivity index (χ3v) is 7.51. The smallest absolute Gasteiger partial charge is 0.417 e. The fourth-order valence-corrected chi connectivity index (χ4v) is 5.64. The van der Waals surface area contributed by atoms with Gasteiger partial charge >= 0.3 is 6.09 Å². The Labute approximate surface area is 240 Å².